The van der Waals surface area contributed by atoms with Gasteiger partial charge in [0.2, 0.25) is 0 Å². The standard InChI is InChI=1S/C8H18O.2C2H6O2/c1-3-4-5-6-7-8-9-2;2*3-1-2-4/h3-8H2,1-2H3;2*3-4H,1-2H2. The second kappa shape index (κ2) is 29.7. The molecular formula is C12H30O5. The van der Waals surface area contributed by atoms with E-state index >= 15 is 0 Å². The summed E-state index contributed by atoms with van der Waals surface area (Å²) in [5.41, 5.74) is 0. The van der Waals surface area contributed by atoms with Crippen LogP contribution in [0.3, 0.4) is 0 Å². The molecule has 0 fully saturated rings. The van der Waals surface area contributed by atoms with Gasteiger partial charge in [-0.15, -0.1) is 0 Å². The summed E-state index contributed by atoms with van der Waals surface area (Å²) in [6.45, 7) is 2.67. The summed E-state index contributed by atoms with van der Waals surface area (Å²) < 4.78 is 4.92. The second-order valence-electron chi connectivity index (χ2n) is 3.30. The van der Waals surface area contributed by atoms with Gasteiger partial charge < -0.3 is 25.2 Å². The first-order valence-electron chi connectivity index (χ1n) is 6.17. The van der Waals surface area contributed by atoms with Crippen molar-refractivity contribution in [2.75, 3.05) is 40.1 Å². The number of unbranched alkanes of at least 4 members (excludes halogenated alkanes) is 4. The minimum atomic E-state index is -0.125. The van der Waals surface area contributed by atoms with Crippen LogP contribution in [0.1, 0.15) is 39.0 Å². The van der Waals surface area contributed by atoms with E-state index < -0.39 is 0 Å². The number of aliphatic hydroxyl groups is 4. The Hall–Kier alpha value is -0.200. The third-order valence-corrected chi connectivity index (χ3v) is 1.65. The molecular weight excluding hydrogens is 224 g/mol. The minimum absolute atomic E-state index is 0.125. The van der Waals surface area contributed by atoms with Crippen molar-refractivity contribution in [3.05, 3.63) is 0 Å². The molecule has 0 aromatic carbocycles. The van der Waals surface area contributed by atoms with Crippen LogP contribution in [0.25, 0.3) is 0 Å². The van der Waals surface area contributed by atoms with E-state index in [1.807, 2.05) is 0 Å². The van der Waals surface area contributed by atoms with Crippen LogP contribution in [-0.2, 0) is 4.74 Å². The van der Waals surface area contributed by atoms with Gasteiger partial charge in [-0.25, -0.2) is 0 Å². The molecule has 0 unspecified atom stereocenters. The number of hydrogen-bond acceptors (Lipinski definition) is 5. The Morgan fingerprint density at radius 3 is 1.41 bits per heavy atom. The van der Waals surface area contributed by atoms with Crippen molar-refractivity contribution in [3.63, 3.8) is 0 Å². The van der Waals surface area contributed by atoms with Gasteiger partial charge in [0.05, 0.1) is 26.4 Å². The fourth-order valence-corrected chi connectivity index (χ4v) is 0.850. The maximum atomic E-state index is 7.62. The first kappa shape index (κ1) is 22.0. The second-order valence-corrected chi connectivity index (χ2v) is 3.30. The van der Waals surface area contributed by atoms with Gasteiger partial charge in [0.15, 0.2) is 0 Å². The van der Waals surface area contributed by atoms with Gasteiger partial charge in [0, 0.05) is 13.7 Å². The van der Waals surface area contributed by atoms with Crippen LogP contribution >= 0.6 is 0 Å². The lowest BCUT2D eigenvalue weighted by Gasteiger charge is -1.97. The smallest absolute Gasteiger partial charge is 0.0662 e. The molecule has 4 N–H and O–H groups in total. The molecule has 0 bridgehead atoms. The summed E-state index contributed by atoms with van der Waals surface area (Å²) in [6.07, 6.45) is 6.65. The molecule has 5 heteroatoms. The monoisotopic (exact) mass is 254 g/mol. The molecule has 5 nitrogen and oxygen atoms in total. The number of hydrogen-bond donors (Lipinski definition) is 4. The summed E-state index contributed by atoms with van der Waals surface area (Å²) in [5, 5.41) is 30.5. The molecule has 0 aromatic rings. The van der Waals surface area contributed by atoms with E-state index in [2.05, 4.69) is 6.92 Å². The molecule has 0 amide bonds. The Kier molecular flexibility index (Phi) is 38.4. The Balaban J connectivity index is -0.000000205. The van der Waals surface area contributed by atoms with Crippen LogP contribution in [0.5, 0.6) is 0 Å². The molecule has 0 spiro atoms. The molecule has 108 valence electrons. The number of rotatable bonds is 8. The van der Waals surface area contributed by atoms with Crippen molar-refractivity contribution in [3.8, 4) is 0 Å². The maximum absolute atomic E-state index is 7.62. The zero-order valence-electron chi connectivity index (χ0n) is 11.3. The lowest BCUT2D eigenvalue weighted by atomic mass is 10.2. The molecule has 0 aliphatic carbocycles. The third-order valence-electron chi connectivity index (χ3n) is 1.65. The topological polar surface area (TPSA) is 90.2 Å². The lowest BCUT2D eigenvalue weighted by Crippen LogP contribution is -1.87. The average molecular weight is 254 g/mol. The summed E-state index contributed by atoms with van der Waals surface area (Å²) in [4.78, 5) is 0. The van der Waals surface area contributed by atoms with Crippen molar-refractivity contribution in [1.82, 2.24) is 0 Å². The van der Waals surface area contributed by atoms with Gasteiger partial charge in [0.1, 0.15) is 0 Å². The maximum Gasteiger partial charge on any atom is 0.0662 e. The van der Waals surface area contributed by atoms with Crippen molar-refractivity contribution >= 4 is 0 Å². The van der Waals surface area contributed by atoms with Gasteiger partial charge in [-0.3, -0.25) is 0 Å². The molecule has 0 rings (SSSR count). The summed E-state index contributed by atoms with van der Waals surface area (Å²) in [5.74, 6) is 0. The van der Waals surface area contributed by atoms with E-state index in [1.165, 1.54) is 32.1 Å². The number of aliphatic hydroxyl groups excluding tert-OH is 4. The van der Waals surface area contributed by atoms with Gasteiger partial charge in [-0.1, -0.05) is 32.6 Å². The molecule has 0 aromatic heterocycles. The minimum Gasteiger partial charge on any atom is -0.394 e. The van der Waals surface area contributed by atoms with Gasteiger partial charge in [0.25, 0.3) is 0 Å². The quantitative estimate of drug-likeness (QED) is 0.475. The number of methoxy groups -OCH3 is 1. The van der Waals surface area contributed by atoms with Crippen molar-refractivity contribution < 1.29 is 25.2 Å². The van der Waals surface area contributed by atoms with E-state index in [0.29, 0.717) is 0 Å². The van der Waals surface area contributed by atoms with E-state index in [1.54, 1.807) is 7.11 Å². The number of ether oxygens (including phenoxy) is 1. The summed E-state index contributed by atoms with van der Waals surface area (Å²) in [6, 6.07) is 0. The van der Waals surface area contributed by atoms with E-state index in [9.17, 15) is 0 Å². The molecule has 0 heterocycles. The fraction of sp³-hybridized carbons (Fsp3) is 1.00. The Bertz CT molecular complexity index is 77.0. The first-order chi connectivity index (χ1) is 8.24. The van der Waals surface area contributed by atoms with Crippen molar-refractivity contribution in [1.29, 1.82) is 0 Å². The molecule has 17 heavy (non-hydrogen) atoms. The van der Waals surface area contributed by atoms with Crippen LogP contribution in [0.15, 0.2) is 0 Å². The highest BCUT2D eigenvalue weighted by atomic mass is 16.5. The predicted octanol–water partition coefficient (Wildman–Crippen LogP) is 0.545. The van der Waals surface area contributed by atoms with Gasteiger partial charge in [-0.2, -0.15) is 0 Å². The Labute approximate surface area is 105 Å². The highest BCUT2D eigenvalue weighted by molar-refractivity contribution is 4.40. The van der Waals surface area contributed by atoms with Crippen LogP contribution in [0.4, 0.5) is 0 Å². The van der Waals surface area contributed by atoms with Crippen LogP contribution in [-0.4, -0.2) is 60.6 Å². The Morgan fingerprint density at radius 1 is 0.706 bits per heavy atom. The molecule has 0 saturated heterocycles. The van der Waals surface area contributed by atoms with Gasteiger partial charge in [-0.05, 0) is 6.42 Å². The molecule has 0 radical (unpaired) electrons. The Morgan fingerprint density at radius 2 is 1.12 bits per heavy atom. The lowest BCUT2D eigenvalue weighted by molar-refractivity contribution is 0.186. The molecule has 0 aliphatic heterocycles. The van der Waals surface area contributed by atoms with Gasteiger partial charge >= 0.3 is 0 Å². The summed E-state index contributed by atoms with van der Waals surface area (Å²) in [7, 11) is 1.76. The zero-order chi connectivity index (χ0) is 13.8. The molecule has 0 aliphatic rings. The SMILES string of the molecule is CCCCCCCOC.OCCO.OCCO. The normalized spacial score (nSPS) is 8.82. The summed E-state index contributed by atoms with van der Waals surface area (Å²) >= 11 is 0. The van der Waals surface area contributed by atoms with E-state index in [4.69, 9.17) is 25.2 Å². The fourth-order valence-electron chi connectivity index (χ4n) is 0.850. The first-order valence-corrected chi connectivity index (χ1v) is 6.17. The highest BCUT2D eigenvalue weighted by Crippen LogP contribution is 2.01. The van der Waals surface area contributed by atoms with E-state index in [0.717, 1.165) is 6.61 Å². The molecule has 0 saturated carbocycles. The molecule has 0 atom stereocenters. The zero-order valence-corrected chi connectivity index (χ0v) is 11.3. The van der Waals surface area contributed by atoms with Crippen molar-refractivity contribution in [2.45, 2.75) is 39.0 Å². The third kappa shape index (κ3) is 49.5. The van der Waals surface area contributed by atoms with Crippen LogP contribution in [0.2, 0.25) is 0 Å². The van der Waals surface area contributed by atoms with Crippen molar-refractivity contribution in [2.24, 2.45) is 0 Å². The highest BCUT2D eigenvalue weighted by Gasteiger charge is 1.85. The largest absolute Gasteiger partial charge is 0.394 e. The average Bonchev–Trinajstić information content (AvgIpc) is 2.39. The predicted molar refractivity (Wildman–Crippen MR) is 69.0 cm³/mol. The van der Waals surface area contributed by atoms with Crippen LogP contribution < -0.4 is 0 Å². The van der Waals surface area contributed by atoms with Crippen LogP contribution in [0, 0.1) is 0 Å². The van der Waals surface area contributed by atoms with E-state index in [-0.39, 0.29) is 26.4 Å².